The zero-order valence-corrected chi connectivity index (χ0v) is 55.0. The van der Waals surface area contributed by atoms with Gasteiger partial charge in [0, 0.05) is 37.5 Å². The van der Waals surface area contributed by atoms with Crippen LogP contribution in [-0.4, -0.2) is 75.9 Å². The van der Waals surface area contributed by atoms with Crippen molar-refractivity contribution in [2.24, 2.45) is 10.2 Å². The number of anilines is 2. The molecule has 9 rings (SSSR count). The lowest BCUT2D eigenvalue weighted by atomic mass is 9.82. The lowest BCUT2D eigenvalue weighted by molar-refractivity contribution is -0.124. The van der Waals surface area contributed by atoms with E-state index in [1.165, 1.54) is 62.0 Å². The van der Waals surface area contributed by atoms with Gasteiger partial charge in [0.15, 0.2) is 25.4 Å². The topological polar surface area (TPSA) is 183 Å². The molecule has 2 aliphatic heterocycles. The average Bonchev–Trinajstić information content (AvgIpc) is 2.95. The second-order valence-electron chi connectivity index (χ2n) is 20.3. The van der Waals surface area contributed by atoms with E-state index in [9.17, 15) is 32.9 Å². The molecule has 7 aromatic rings. The number of H-pyrrole nitrogens is 1. The fourth-order valence-electron chi connectivity index (χ4n) is 7.88. The number of nitrogens with one attached hydrogen (secondary N) is 2. The first-order valence-corrected chi connectivity index (χ1v) is 31.6. The molecule has 1 aromatic heterocycles. The van der Waals surface area contributed by atoms with Gasteiger partial charge in [0.25, 0.3) is 23.3 Å². The average molecular weight is 1250 g/mol. The number of hydrogen-bond donors (Lipinski definition) is 2. The van der Waals surface area contributed by atoms with Crippen molar-refractivity contribution in [2.75, 3.05) is 42.2 Å². The van der Waals surface area contributed by atoms with Gasteiger partial charge in [-0.25, -0.2) is 9.69 Å². The van der Waals surface area contributed by atoms with Gasteiger partial charge < -0.3 is 5.32 Å². The number of para-hydroxylation sites is 2. The van der Waals surface area contributed by atoms with Gasteiger partial charge in [-0.05, 0) is 118 Å². The Bertz CT molecular complexity index is 3560. The number of amides is 3. The van der Waals surface area contributed by atoms with E-state index >= 15 is 0 Å². The maximum absolute atomic E-state index is 13.0. The molecule has 0 atom stereocenters. The number of aromatic nitrogens is 2. The summed E-state index contributed by atoms with van der Waals surface area (Å²) in [4.78, 5) is 49.9. The standard InChI is InChI=1S/C19H19N5O3.C19H16N2O.C12H17OP.C9H11OP.C7H8.C2H5OP.CH3Cl/c1-11(2)17(25)20-16-15(10-14-12(3)21-23(4)18(14)26)19(27)24(22-16)13-8-6-5-7-9-13;1-3-15-9-11-16(12-10-15)13-18-14(2)20-21(19(18)22)17-7-5-4-6-8-17;1-10-4-6-11(7-5-10)12(2,3)8-9-14-13;1-8-2-4-9(5-3-8)6-7-11-10;1-7-5-3-2-4-6-7;1-2-4-3;1-2/h5-10,22H,1H2,2-4H3,(H,20,25);3-13H,1H2,2H3;4-7H,8-9H2,1-3H3;2-5H,6-7H2,1H3;2-6H,1H3;2H2,1H3;1H3. The van der Waals surface area contributed by atoms with Gasteiger partial charge in [-0.3, -0.25) is 38.0 Å². The van der Waals surface area contributed by atoms with Gasteiger partial charge >= 0.3 is 0 Å². The largest absolute Gasteiger partial charge is 0.307 e. The first-order valence-electron chi connectivity index (χ1n) is 27.9. The normalized spacial score (nSPS) is 13.1. The molecule has 3 amide bonds. The molecule has 0 saturated heterocycles. The van der Waals surface area contributed by atoms with E-state index in [1.807, 2.05) is 98.8 Å². The van der Waals surface area contributed by atoms with Crippen LogP contribution >= 0.6 is 37.0 Å². The zero-order chi connectivity index (χ0) is 64.5. The number of carbonyl (C=O) groups excluding carboxylic acids is 3. The Hall–Kier alpha value is -8.37. The number of aryl methyl sites for hydroxylation is 4. The van der Waals surface area contributed by atoms with E-state index in [0.717, 1.165) is 53.9 Å². The van der Waals surface area contributed by atoms with E-state index in [4.69, 9.17) is 0 Å². The summed E-state index contributed by atoms with van der Waals surface area (Å²) in [5, 5.41) is 16.6. The molecule has 0 spiro atoms. The highest BCUT2D eigenvalue weighted by molar-refractivity contribution is 7.24. The van der Waals surface area contributed by atoms with Gasteiger partial charge in [0.05, 0.1) is 39.5 Å². The molecule has 0 aliphatic carbocycles. The third-order valence-electron chi connectivity index (χ3n) is 13.0. The third kappa shape index (κ3) is 24.1. The molecule has 6 aromatic carbocycles. The van der Waals surface area contributed by atoms with Crippen LogP contribution in [0.5, 0.6) is 0 Å². The smallest absolute Gasteiger partial charge is 0.280 e. The summed E-state index contributed by atoms with van der Waals surface area (Å²) < 4.78 is 31.1. The van der Waals surface area contributed by atoms with Crippen molar-refractivity contribution in [2.45, 2.75) is 80.6 Å². The number of aromatic amines is 1. The van der Waals surface area contributed by atoms with Gasteiger partial charge in [-0.1, -0.05) is 196 Å². The number of hydrazone groups is 2. The molecule has 0 radical (unpaired) electrons. The molecular weight excluding hydrogens is 1170 g/mol. The van der Waals surface area contributed by atoms with Crippen LogP contribution < -0.4 is 15.9 Å². The number of nitrogens with zero attached hydrogens (tertiary/aromatic N) is 5. The van der Waals surface area contributed by atoms with E-state index in [2.05, 4.69) is 141 Å². The van der Waals surface area contributed by atoms with Crippen LogP contribution in [0.25, 0.3) is 23.9 Å². The molecule has 2 aliphatic rings. The summed E-state index contributed by atoms with van der Waals surface area (Å²) in [6, 6.07) is 53.4. The van der Waals surface area contributed by atoms with E-state index in [0.29, 0.717) is 22.5 Å². The lowest BCUT2D eigenvalue weighted by Crippen LogP contribution is -2.21. The number of likely N-dealkylation sites (N-methyl/N-ethyl adjacent to an activating group) is 1. The van der Waals surface area contributed by atoms with Gasteiger partial charge in [0.1, 0.15) is 5.82 Å². The van der Waals surface area contributed by atoms with Gasteiger partial charge in [0.2, 0.25) is 0 Å². The van der Waals surface area contributed by atoms with Crippen molar-refractivity contribution in [3.63, 3.8) is 0 Å². The number of carbonyl (C=O) groups is 3. The van der Waals surface area contributed by atoms with Crippen molar-refractivity contribution in [3.05, 3.63) is 249 Å². The second kappa shape index (κ2) is 38.6. The Labute approximate surface area is 523 Å². The van der Waals surface area contributed by atoms with Crippen LogP contribution in [0, 0.1) is 20.8 Å². The van der Waals surface area contributed by atoms with E-state index < -0.39 is 11.5 Å². The first-order chi connectivity index (χ1) is 41.7. The Balaban J connectivity index is 0.000000295. The monoisotopic (exact) mass is 1250 g/mol. The molecule has 3 heterocycles. The fraction of sp³-hybridized carbons (Fsp3) is 0.246. The summed E-state index contributed by atoms with van der Waals surface area (Å²) in [6.45, 7) is 24.9. The Kier molecular flexibility index (Phi) is 32.4. The molecule has 18 heteroatoms. The fourth-order valence-corrected chi connectivity index (χ4v) is 8.88. The number of benzene rings is 6. The van der Waals surface area contributed by atoms with Crippen molar-refractivity contribution < 1.29 is 28.1 Å². The molecule has 0 saturated carbocycles. The minimum Gasteiger partial charge on any atom is -0.307 e. The first kappa shape index (κ1) is 72.9. The third-order valence-corrected chi connectivity index (χ3v) is 14.0. The van der Waals surface area contributed by atoms with Crippen LogP contribution in [0.4, 0.5) is 11.5 Å². The number of halogens is 1. The predicted molar refractivity (Wildman–Crippen MR) is 365 cm³/mol. The minimum atomic E-state index is -0.434. The van der Waals surface area contributed by atoms with Crippen LogP contribution in [0.15, 0.2) is 209 Å². The maximum Gasteiger partial charge on any atom is 0.280 e. The van der Waals surface area contributed by atoms with E-state index in [-0.39, 0.29) is 59.6 Å². The van der Waals surface area contributed by atoms with Crippen molar-refractivity contribution in [1.82, 2.24) is 14.8 Å². The minimum absolute atomic E-state index is 0.100. The van der Waals surface area contributed by atoms with Crippen LogP contribution in [-0.2, 0) is 39.9 Å². The van der Waals surface area contributed by atoms with Crippen molar-refractivity contribution >= 4 is 95.9 Å². The molecule has 454 valence electrons. The SMILES string of the molecule is C=C(C)C(=O)Nc1[nH]n(-c2ccccc2)c(=O)c1C=C1C(=O)N(C)N=C1C.C=Cc1ccc(C=C2C(=O)N(c3ccccc3)N=C2C)cc1.CCP=O.CCl.Cc1ccc(C(C)(C)CCP=O)cc1.Cc1ccc(CCP=O)cc1.Cc1ccccc1. The Morgan fingerprint density at radius 2 is 1.10 bits per heavy atom. The summed E-state index contributed by atoms with van der Waals surface area (Å²) in [6.07, 6.45) is 10.6. The van der Waals surface area contributed by atoms with Crippen molar-refractivity contribution in [3.8, 4) is 5.69 Å². The maximum atomic E-state index is 13.0. The molecule has 0 bridgehead atoms. The number of alkyl halides is 1. The van der Waals surface area contributed by atoms with Crippen molar-refractivity contribution in [1.29, 1.82) is 0 Å². The second-order valence-corrected chi connectivity index (χ2v) is 22.6. The zero-order valence-electron chi connectivity index (χ0n) is 51.6. The highest BCUT2D eigenvalue weighted by atomic mass is 35.5. The Morgan fingerprint density at radius 1 is 0.632 bits per heavy atom. The molecule has 0 unspecified atom stereocenters. The highest BCUT2D eigenvalue weighted by Crippen LogP contribution is 2.29. The number of rotatable bonds is 15. The Morgan fingerprint density at radius 3 is 1.56 bits per heavy atom. The van der Waals surface area contributed by atoms with Crippen LogP contribution in [0.3, 0.4) is 0 Å². The summed E-state index contributed by atoms with van der Waals surface area (Å²) >= 11 is 4.64. The summed E-state index contributed by atoms with van der Waals surface area (Å²) in [7, 11) is 2.28. The lowest BCUT2D eigenvalue weighted by Gasteiger charge is -2.24. The molecule has 0 fully saturated rings. The molecule has 2 N–H and O–H groups in total. The van der Waals surface area contributed by atoms with E-state index in [1.54, 1.807) is 44.2 Å². The summed E-state index contributed by atoms with van der Waals surface area (Å²) in [5.74, 6) is -0.677. The number of hydrogen-bond acceptors (Lipinski definition) is 9. The molecular formula is C69H79ClN7O7P3. The molecule has 14 nitrogen and oxygen atoms in total. The highest BCUT2D eigenvalue weighted by Gasteiger charge is 2.29. The predicted octanol–water partition coefficient (Wildman–Crippen LogP) is 17.0. The van der Waals surface area contributed by atoms with Crippen LogP contribution in [0.1, 0.15) is 92.5 Å². The summed E-state index contributed by atoms with van der Waals surface area (Å²) in [5.41, 5.74) is 12.2. The molecule has 87 heavy (non-hydrogen) atoms. The van der Waals surface area contributed by atoms with Crippen LogP contribution in [0.2, 0.25) is 0 Å². The van der Waals surface area contributed by atoms with Gasteiger partial charge in [-0.2, -0.15) is 15.2 Å². The van der Waals surface area contributed by atoms with Gasteiger partial charge in [-0.15, -0.1) is 11.6 Å². The quantitative estimate of drug-likeness (QED) is 0.0581.